The lowest BCUT2D eigenvalue weighted by Crippen LogP contribution is -2.12. The molecular formula is C23H19BrN2O4S. The Morgan fingerprint density at radius 1 is 0.903 bits per heavy atom. The fourth-order valence-corrected chi connectivity index (χ4v) is 4.53. The first kappa shape index (κ1) is 21.1. The van der Waals surface area contributed by atoms with E-state index in [-0.39, 0.29) is 10.8 Å². The lowest BCUT2D eigenvalue weighted by atomic mass is 10.00. The van der Waals surface area contributed by atoms with Gasteiger partial charge in [0.15, 0.2) is 0 Å². The van der Waals surface area contributed by atoms with E-state index in [2.05, 4.69) is 25.8 Å². The Morgan fingerprint density at radius 3 is 2.06 bits per heavy atom. The molecule has 1 aromatic heterocycles. The molecule has 0 aliphatic rings. The summed E-state index contributed by atoms with van der Waals surface area (Å²) in [4.78, 5) is 0.128. The lowest BCUT2D eigenvalue weighted by Gasteiger charge is -2.10. The van der Waals surface area contributed by atoms with Crippen molar-refractivity contribution in [2.75, 3.05) is 11.8 Å². The van der Waals surface area contributed by atoms with Crippen LogP contribution in [0.2, 0.25) is 0 Å². The summed E-state index contributed by atoms with van der Waals surface area (Å²) in [6.07, 6.45) is 0. The first-order chi connectivity index (χ1) is 14.9. The van der Waals surface area contributed by atoms with Crippen molar-refractivity contribution in [3.05, 3.63) is 83.0 Å². The van der Waals surface area contributed by atoms with Crippen LogP contribution in [0.3, 0.4) is 0 Å². The highest BCUT2D eigenvalue weighted by molar-refractivity contribution is 9.10. The number of hydrogen-bond donors (Lipinski definition) is 1. The molecule has 0 unspecified atom stereocenters. The molecule has 0 amide bonds. The second-order valence-corrected chi connectivity index (χ2v) is 9.29. The van der Waals surface area contributed by atoms with Gasteiger partial charge in [-0.15, -0.1) is 0 Å². The Morgan fingerprint density at radius 2 is 1.48 bits per heavy atom. The number of methoxy groups -OCH3 is 1. The quantitative estimate of drug-likeness (QED) is 0.358. The van der Waals surface area contributed by atoms with Gasteiger partial charge in [-0.25, -0.2) is 13.1 Å². The first-order valence-electron chi connectivity index (χ1n) is 9.37. The van der Waals surface area contributed by atoms with Crippen molar-refractivity contribution in [1.29, 1.82) is 0 Å². The average molecular weight is 499 g/mol. The molecule has 0 aliphatic carbocycles. The Bertz CT molecular complexity index is 1310. The molecule has 1 heterocycles. The van der Waals surface area contributed by atoms with Gasteiger partial charge < -0.3 is 9.26 Å². The number of aromatic nitrogens is 1. The van der Waals surface area contributed by atoms with Crippen molar-refractivity contribution in [2.24, 2.45) is 0 Å². The number of aryl methyl sites for hydroxylation is 1. The molecule has 0 radical (unpaired) electrons. The normalized spacial score (nSPS) is 11.3. The summed E-state index contributed by atoms with van der Waals surface area (Å²) in [6.45, 7) is 1.71. The molecule has 158 valence electrons. The van der Waals surface area contributed by atoms with Crippen molar-refractivity contribution in [3.8, 4) is 28.0 Å². The number of nitrogens with one attached hydrogen (secondary N) is 1. The number of hydrogen-bond acceptors (Lipinski definition) is 5. The Labute approximate surface area is 189 Å². The third-order valence-electron chi connectivity index (χ3n) is 4.82. The molecule has 0 atom stereocenters. The van der Waals surface area contributed by atoms with Crippen LogP contribution in [-0.4, -0.2) is 20.7 Å². The molecule has 0 aliphatic heterocycles. The van der Waals surface area contributed by atoms with Gasteiger partial charge in [0.05, 0.1) is 17.7 Å². The van der Waals surface area contributed by atoms with Crippen molar-refractivity contribution in [3.63, 3.8) is 0 Å². The van der Waals surface area contributed by atoms with E-state index < -0.39 is 10.0 Å². The number of benzene rings is 3. The number of rotatable bonds is 6. The maximum absolute atomic E-state index is 12.6. The maximum Gasteiger partial charge on any atom is 0.264 e. The predicted octanol–water partition coefficient (Wildman–Crippen LogP) is 5.89. The molecule has 6 nitrogen and oxygen atoms in total. The van der Waals surface area contributed by atoms with Crippen LogP contribution in [0.15, 0.2) is 86.7 Å². The maximum atomic E-state index is 12.6. The highest BCUT2D eigenvalue weighted by atomic mass is 79.9. The summed E-state index contributed by atoms with van der Waals surface area (Å²) in [5.41, 5.74) is 4.49. The van der Waals surface area contributed by atoms with E-state index in [0.29, 0.717) is 10.2 Å². The molecule has 3 aromatic carbocycles. The molecule has 31 heavy (non-hydrogen) atoms. The molecule has 0 bridgehead atoms. The molecule has 8 heteroatoms. The topological polar surface area (TPSA) is 81.4 Å². The van der Waals surface area contributed by atoms with E-state index in [1.54, 1.807) is 38.3 Å². The average Bonchev–Trinajstić information content (AvgIpc) is 3.11. The summed E-state index contributed by atoms with van der Waals surface area (Å²) in [5.74, 6) is 0.861. The predicted molar refractivity (Wildman–Crippen MR) is 124 cm³/mol. The highest BCUT2D eigenvalue weighted by Gasteiger charge is 2.20. The number of halogens is 1. The van der Waals surface area contributed by atoms with E-state index in [1.165, 1.54) is 0 Å². The smallest absolute Gasteiger partial charge is 0.264 e. The van der Waals surface area contributed by atoms with Crippen LogP contribution in [-0.2, 0) is 10.0 Å². The van der Waals surface area contributed by atoms with Crippen LogP contribution >= 0.6 is 15.9 Å². The van der Waals surface area contributed by atoms with Crippen LogP contribution in [0.4, 0.5) is 5.88 Å². The number of ether oxygens (including phenoxy) is 1. The number of anilines is 1. The van der Waals surface area contributed by atoms with Crippen LogP contribution in [0.5, 0.6) is 5.75 Å². The van der Waals surface area contributed by atoms with Crippen molar-refractivity contribution in [1.82, 2.24) is 5.16 Å². The fraction of sp³-hybridized carbons (Fsp3) is 0.0870. The summed E-state index contributed by atoms with van der Waals surface area (Å²) in [5, 5.41) is 3.73. The summed E-state index contributed by atoms with van der Waals surface area (Å²) in [6, 6.07) is 22.5. The summed E-state index contributed by atoms with van der Waals surface area (Å²) >= 11 is 3.26. The molecule has 0 spiro atoms. The molecule has 4 aromatic rings. The van der Waals surface area contributed by atoms with Gasteiger partial charge in [-0.2, -0.15) is 0 Å². The second-order valence-electron chi connectivity index (χ2n) is 6.82. The van der Waals surface area contributed by atoms with Crippen LogP contribution in [0.1, 0.15) is 5.69 Å². The van der Waals surface area contributed by atoms with E-state index in [4.69, 9.17) is 9.26 Å². The summed E-state index contributed by atoms with van der Waals surface area (Å²) < 4.78 is 38.6. The Kier molecular flexibility index (Phi) is 5.84. The van der Waals surface area contributed by atoms with Gasteiger partial charge in [-0.05, 0) is 57.7 Å². The molecule has 0 saturated carbocycles. The van der Waals surface area contributed by atoms with Gasteiger partial charge in [0.25, 0.3) is 15.9 Å². The molecular weight excluding hydrogens is 480 g/mol. The van der Waals surface area contributed by atoms with Gasteiger partial charge in [0.1, 0.15) is 10.2 Å². The summed E-state index contributed by atoms with van der Waals surface area (Å²) in [7, 11) is -2.15. The van der Waals surface area contributed by atoms with Crippen molar-refractivity contribution < 1.29 is 17.7 Å². The van der Waals surface area contributed by atoms with E-state index in [0.717, 1.165) is 28.0 Å². The van der Waals surface area contributed by atoms with Gasteiger partial charge in [0.2, 0.25) is 0 Å². The van der Waals surface area contributed by atoms with E-state index in [1.807, 2.05) is 48.5 Å². The minimum absolute atomic E-state index is 0.0495. The second kappa shape index (κ2) is 8.56. The van der Waals surface area contributed by atoms with Crippen LogP contribution in [0.25, 0.3) is 22.3 Å². The van der Waals surface area contributed by atoms with Crippen LogP contribution < -0.4 is 9.46 Å². The van der Waals surface area contributed by atoms with E-state index in [9.17, 15) is 8.42 Å². The fourth-order valence-electron chi connectivity index (χ4n) is 3.15. The Balaban J connectivity index is 1.56. The lowest BCUT2D eigenvalue weighted by molar-refractivity contribution is 0.416. The molecule has 0 fully saturated rings. The van der Waals surface area contributed by atoms with Crippen molar-refractivity contribution >= 4 is 31.8 Å². The largest absolute Gasteiger partial charge is 0.496 e. The number of nitrogens with zero attached hydrogens (tertiary/aromatic N) is 1. The third kappa shape index (κ3) is 4.35. The standard InChI is InChI=1S/C23H19BrN2O4S/c1-15-22(24)23(30-25-15)26-31(27,28)19-13-11-17(12-14-19)16-7-9-18(10-8-16)20-5-3-4-6-21(20)29-2/h3-14,26H,1-2H3. The zero-order valence-electron chi connectivity index (χ0n) is 16.8. The third-order valence-corrected chi connectivity index (χ3v) is 7.10. The highest BCUT2D eigenvalue weighted by Crippen LogP contribution is 2.32. The first-order valence-corrected chi connectivity index (χ1v) is 11.6. The van der Waals surface area contributed by atoms with Crippen LogP contribution in [0, 0.1) is 6.92 Å². The van der Waals surface area contributed by atoms with Crippen molar-refractivity contribution in [2.45, 2.75) is 11.8 Å². The zero-order chi connectivity index (χ0) is 22.0. The van der Waals surface area contributed by atoms with Gasteiger partial charge >= 0.3 is 0 Å². The molecule has 1 N–H and O–H groups in total. The molecule has 0 saturated heterocycles. The van der Waals surface area contributed by atoms with Gasteiger partial charge in [-0.3, -0.25) is 0 Å². The monoisotopic (exact) mass is 498 g/mol. The van der Waals surface area contributed by atoms with Gasteiger partial charge in [0, 0.05) is 5.56 Å². The minimum atomic E-state index is -3.80. The van der Waals surface area contributed by atoms with E-state index >= 15 is 0 Å². The minimum Gasteiger partial charge on any atom is -0.496 e. The van der Waals surface area contributed by atoms with Gasteiger partial charge in [-0.1, -0.05) is 59.8 Å². The zero-order valence-corrected chi connectivity index (χ0v) is 19.2. The number of para-hydroxylation sites is 1. The number of sulfonamides is 1. The molecule has 4 rings (SSSR count). The SMILES string of the molecule is COc1ccccc1-c1ccc(-c2ccc(S(=O)(=O)Nc3onc(C)c3Br)cc2)cc1. The Hall–Kier alpha value is -3.10.